The number of aromatic amines is 1. The second-order valence-corrected chi connectivity index (χ2v) is 6.75. The molecule has 1 amide bonds. The van der Waals surface area contributed by atoms with Crippen LogP contribution in [0.3, 0.4) is 0 Å². The molecule has 134 valence electrons. The van der Waals surface area contributed by atoms with Crippen molar-refractivity contribution in [2.24, 2.45) is 0 Å². The van der Waals surface area contributed by atoms with Crippen molar-refractivity contribution in [3.63, 3.8) is 0 Å². The molecule has 1 unspecified atom stereocenters. The summed E-state index contributed by atoms with van der Waals surface area (Å²) in [7, 11) is 0. The van der Waals surface area contributed by atoms with Crippen molar-refractivity contribution in [1.29, 1.82) is 0 Å². The van der Waals surface area contributed by atoms with Gasteiger partial charge >= 0.3 is 0 Å². The Morgan fingerprint density at radius 2 is 2.24 bits per heavy atom. The quantitative estimate of drug-likeness (QED) is 0.801. The summed E-state index contributed by atoms with van der Waals surface area (Å²) in [5.74, 6) is 1.63. The number of H-pyrrole nitrogens is 1. The topological polar surface area (TPSA) is 111 Å². The molecule has 1 atom stereocenters. The lowest BCUT2D eigenvalue weighted by atomic mass is 10.2. The second kappa shape index (κ2) is 6.83. The molecular formula is C16H22N6O3. The van der Waals surface area contributed by atoms with E-state index in [1.807, 2.05) is 4.90 Å². The van der Waals surface area contributed by atoms with Crippen LogP contribution in [0.25, 0.3) is 0 Å². The van der Waals surface area contributed by atoms with Crippen LogP contribution >= 0.6 is 0 Å². The molecule has 1 aliphatic heterocycles. The zero-order chi connectivity index (χ0) is 17.2. The summed E-state index contributed by atoms with van der Waals surface area (Å²) in [6, 6.07) is 0. The normalized spacial score (nSPS) is 21.4. The molecule has 4 rings (SSSR count). The summed E-state index contributed by atoms with van der Waals surface area (Å²) in [5.41, 5.74) is 1.00. The molecule has 1 saturated carbocycles. The highest BCUT2D eigenvalue weighted by Gasteiger charge is 2.32. The van der Waals surface area contributed by atoms with Gasteiger partial charge in [0, 0.05) is 44.7 Å². The standard InChI is InChI=1S/C16H22N6O3/c23-13-9-21(14(24)4-1-11-7-17-18-8-11)5-6-22(10-13)16-19-15(25-20-16)12-2-3-12/h7-8,12-13,23H,1-6,9-10H2,(H,17,18). The molecule has 25 heavy (non-hydrogen) atoms. The Hall–Kier alpha value is -2.42. The van der Waals surface area contributed by atoms with Crippen LogP contribution in [-0.2, 0) is 11.2 Å². The first-order chi connectivity index (χ1) is 12.2. The van der Waals surface area contributed by atoms with Crippen molar-refractivity contribution >= 4 is 11.9 Å². The Labute approximate surface area is 145 Å². The number of anilines is 1. The molecule has 1 aliphatic carbocycles. The SMILES string of the molecule is O=C(CCc1cn[nH]c1)N1CCN(c2noc(C3CC3)n2)CC(O)C1. The van der Waals surface area contributed by atoms with E-state index in [2.05, 4.69) is 20.3 Å². The molecule has 2 aromatic heterocycles. The number of nitrogens with one attached hydrogen (secondary N) is 1. The lowest BCUT2D eigenvalue weighted by Gasteiger charge is -2.21. The van der Waals surface area contributed by atoms with Gasteiger partial charge in [0.25, 0.3) is 5.95 Å². The van der Waals surface area contributed by atoms with Gasteiger partial charge in [0.2, 0.25) is 11.8 Å². The molecule has 1 saturated heterocycles. The van der Waals surface area contributed by atoms with E-state index in [0.717, 1.165) is 18.4 Å². The van der Waals surface area contributed by atoms with Crippen LogP contribution in [0.15, 0.2) is 16.9 Å². The van der Waals surface area contributed by atoms with Crippen molar-refractivity contribution < 1.29 is 14.4 Å². The minimum absolute atomic E-state index is 0.0360. The van der Waals surface area contributed by atoms with E-state index >= 15 is 0 Å². The number of aliphatic hydroxyl groups is 1. The van der Waals surface area contributed by atoms with Gasteiger partial charge in [-0.15, -0.1) is 0 Å². The fraction of sp³-hybridized carbons (Fsp3) is 0.625. The maximum absolute atomic E-state index is 12.5. The number of carbonyl (C=O) groups excluding carboxylic acids is 1. The molecule has 9 nitrogen and oxygen atoms in total. The summed E-state index contributed by atoms with van der Waals surface area (Å²) < 4.78 is 5.30. The molecule has 0 bridgehead atoms. The molecule has 2 fully saturated rings. The van der Waals surface area contributed by atoms with Crippen molar-refractivity contribution in [2.45, 2.75) is 37.7 Å². The molecular weight excluding hydrogens is 324 g/mol. The van der Waals surface area contributed by atoms with Crippen LogP contribution in [0.5, 0.6) is 0 Å². The number of carbonyl (C=O) groups is 1. The number of aliphatic hydroxyl groups excluding tert-OH is 1. The Balaban J connectivity index is 1.35. The maximum Gasteiger partial charge on any atom is 0.266 e. The Kier molecular flexibility index (Phi) is 4.39. The highest BCUT2D eigenvalue weighted by atomic mass is 16.5. The van der Waals surface area contributed by atoms with E-state index in [0.29, 0.717) is 56.8 Å². The first-order valence-corrected chi connectivity index (χ1v) is 8.71. The van der Waals surface area contributed by atoms with Crippen molar-refractivity contribution in [1.82, 2.24) is 25.2 Å². The smallest absolute Gasteiger partial charge is 0.266 e. The average Bonchev–Trinajstić information content (AvgIpc) is 3.17. The summed E-state index contributed by atoms with van der Waals surface area (Å²) in [6.45, 7) is 1.84. The van der Waals surface area contributed by atoms with E-state index in [1.54, 1.807) is 17.3 Å². The maximum atomic E-state index is 12.5. The van der Waals surface area contributed by atoms with E-state index in [4.69, 9.17) is 4.52 Å². The van der Waals surface area contributed by atoms with Crippen LogP contribution in [0.2, 0.25) is 0 Å². The third-order valence-electron chi connectivity index (χ3n) is 4.68. The molecule has 3 heterocycles. The van der Waals surface area contributed by atoms with Gasteiger partial charge in [-0.1, -0.05) is 0 Å². The first-order valence-electron chi connectivity index (χ1n) is 8.71. The zero-order valence-corrected chi connectivity index (χ0v) is 14.0. The zero-order valence-electron chi connectivity index (χ0n) is 14.0. The fourth-order valence-electron chi connectivity index (χ4n) is 3.07. The largest absolute Gasteiger partial charge is 0.389 e. The van der Waals surface area contributed by atoms with Crippen LogP contribution in [0, 0.1) is 0 Å². The van der Waals surface area contributed by atoms with Gasteiger partial charge < -0.3 is 19.4 Å². The number of β-amino-alcohol motifs (C(OH)–C–C–N with tert-alkyl or cyclic N) is 1. The van der Waals surface area contributed by atoms with Crippen molar-refractivity contribution in [3.05, 3.63) is 23.8 Å². The van der Waals surface area contributed by atoms with Gasteiger partial charge in [0.1, 0.15) is 0 Å². The monoisotopic (exact) mass is 346 g/mol. The summed E-state index contributed by atoms with van der Waals surface area (Å²) in [4.78, 5) is 20.5. The predicted octanol–water partition coefficient (Wildman–Crippen LogP) is 0.312. The Morgan fingerprint density at radius 3 is 3.00 bits per heavy atom. The predicted molar refractivity (Wildman–Crippen MR) is 88.0 cm³/mol. The first kappa shape index (κ1) is 16.1. The van der Waals surface area contributed by atoms with Crippen molar-refractivity contribution in [2.75, 3.05) is 31.1 Å². The number of rotatable bonds is 5. The molecule has 2 aliphatic rings. The summed E-state index contributed by atoms with van der Waals surface area (Å²) in [5, 5.41) is 20.9. The number of aryl methyl sites for hydroxylation is 1. The van der Waals surface area contributed by atoms with Crippen LogP contribution in [0.1, 0.15) is 36.6 Å². The third-order valence-corrected chi connectivity index (χ3v) is 4.68. The second-order valence-electron chi connectivity index (χ2n) is 6.75. The van der Waals surface area contributed by atoms with Gasteiger partial charge in [-0.05, 0) is 30.0 Å². The van der Waals surface area contributed by atoms with Crippen LogP contribution in [0.4, 0.5) is 5.95 Å². The fourth-order valence-corrected chi connectivity index (χ4v) is 3.07. The molecule has 9 heteroatoms. The number of amides is 1. The summed E-state index contributed by atoms with van der Waals surface area (Å²) in [6.07, 6.45) is 6.12. The van der Waals surface area contributed by atoms with Gasteiger partial charge in [0.05, 0.1) is 12.3 Å². The number of aromatic nitrogens is 4. The lowest BCUT2D eigenvalue weighted by Crippen LogP contribution is -2.37. The molecule has 2 N–H and O–H groups in total. The molecule has 0 radical (unpaired) electrons. The number of nitrogens with zero attached hydrogens (tertiary/aromatic N) is 5. The van der Waals surface area contributed by atoms with Crippen LogP contribution in [-0.4, -0.2) is 68.5 Å². The van der Waals surface area contributed by atoms with Crippen molar-refractivity contribution in [3.8, 4) is 0 Å². The third kappa shape index (κ3) is 3.81. The molecule has 0 spiro atoms. The Bertz CT molecular complexity index is 711. The van der Waals surface area contributed by atoms with Gasteiger partial charge in [-0.25, -0.2) is 0 Å². The van der Waals surface area contributed by atoms with E-state index in [1.165, 1.54) is 0 Å². The van der Waals surface area contributed by atoms with Gasteiger partial charge in [-0.2, -0.15) is 10.1 Å². The highest BCUT2D eigenvalue weighted by molar-refractivity contribution is 5.76. The Morgan fingerprint density at radius 1 is 1.36 bits per heavy atom. The average molecular weight is 346 g/mol. The minimum atomic E-state index is -0.636. The summed E-state index contributed by atoms with van der Waals surface area (Å²) >= 11 is 0. The van der Waals surface area contributed by atoms with E-state index < -0.39 is 6.10 Å². The van der Waals surface area contributed by atoms with Gasteiger partial charge in [-0.3, -0.25) is 9.89 Å². The number of hydrogen-bond donors (Lipinski definition) is 2. The lowest BCUT2D eigenvalue weighted by molar-refractivity contribution is -0.132. The van der Waals surface area contributed by atoms with E-state index in [9.17, 15) is 9.90 Å². The highest BCUT2D eigenvalue weighted by Crippen LogP contribution is 2.39. The molecule has 0 aromatic carbocycles. The van der Waals surface area contributed by atoms with Crippen LogP contribution < -0.4 is 4.90 Å². The van der Waals surface area contributed by atoms with Gasteiger partial charge in [0.15, 0.2) is 0 Å². The molecule has 2 aromatic rings. The number of hydrogen-bond acceptors (Lipinski definition) is 7. The minimum Gasteiger partial charge on any atom is -0.389 e. The van der Waals surface area contributed by atoms with E-state index in [-0.39, 0.29) is 5.91 Å².